The Bertz CT molecular complexity index is 1190. The van der Waals surface area contributed by atoms with Crippen LogP contribution >= 0.6 is 11.6 Å². The molecule has 1 amide bonds. The van der Waals surface area contributed by atoms with Crippen LogP contribution in [-0.2, 0) is 10.0 Å². The second-order valence-electron chi connectivity index (χ2n) is 6.70. The summed E-state index contributed by atoms with van der Waals surface area (Å²) >= 11 is 5.89. The quantitative estimate of drug-likeness (QED) is 0.595. The molecular weight excluding hydrogens is 417 g/mol. The van der Waals surface area contributed by atoms with Crippen molar-refractivity contribution in [2.75, 3.05) is 26.2 Å². The van der Waals surface area contributed by atoms with Crippen LogP contribution in [0.5, 0.6) is 0 Å². The summed E-state index contributed by atoms with van der Waals surface area (Å²) in [4.78, 5) is 18.6. The van der Waals surface area contributed by atoms with Crippen molar-refractivity contribution in [3.05, 3.63) is 71.1 Å². The smallest absolute Gasteiger partial charge is 0.253 e. The van der Waals surface area contributed by atoms with Gasteiger partial charge in [-0.2, -0.15) is 4.31 Å². The van der Waals surface area contributed by atoms with Crippen molar-refractivity contribution in [2.45, 2.75) is 4.90 Å². The summed E-state index contributed by atoms with van der Waals surface area (Å²) in [6, 6.07) is 13.6. The Hall–Kier alpha value is -2.55. The van der Waals surface area contributed by atoms with Crippen LogP contribution in [-0.4, -0.2) is 54.7 Å². The van der Waals surface area contributed by atoms with Crippen LogP contribution < -0.4 is 0 Å². The first kappa shape index (κ1) is 19.8. The topological polar surface area (TPSA) is 70.6 Å². The Labute approximate surface area is 172 Å². The summed E-state index contributed by atoms with van der Waals surface area (Å²) in [5, 5.41) is 1.18. The zero-order valence-corrected chi connectivity index (χ0v) is 16.8. The Balaban J connectivity index is 1.48. The Morgan fingerprint density at radius 1 is 1.00 bits per heavy atom. The van der Waals surface area contributed by atoms with Gasteiger partial charge in [0.15, 0.2) is 0 Å². The molecule has 0 bridgehead atoms. The fourth-order valence-corrected chi connectivity index (χ4v) is 4.93. The lowest BCUT2D eigenvalue weighted by molar-refractivity contribution is 0.0698. The van der Waals surface area contributed by atoms with E-state index >= 15 is 0 Å². The lowest BCUT2D eigenvalue weighted by atomic mass is 10.1. The predicted octanol–water partition coefficient (Wildman–Crippen LogP) is 3.17. The molecule has 3 aromatic rings. The second-order valence-corrected chi connectivity index (χ2v) is 9.02. The number of hydrogen-bond acceptors (Lipinski definition) is 4. The highest BCUT2D eigenvalue weighted by Crippen LogP contribution is 2.21. The fraction of sp³-hybridized carbons (Fsp3) is 0.200. The molecule has 0 saturated carbocycles. The van der Waals surface area contributed by atoms with Gasteiger partial charge in [-0.1, -0.05) is 17.7 Å². The van der Waals surface area contributed by atoms with E-state index in [1.807, 2.05) is 0 Å². The van der Waals surface area contributed by atoms with Crippen LogP contribution in [0.4, 0.5) is 4.39 Å². The van der Waals surface area contributed by atoms with Crippen molar-refractivity contribution in [3.63, 3.8) is 0 Å². The average molecular weight is 434 g/mol. The van der Waals surface area contributed by atoms with Crippen LogP contribution in [0.25, 0.3) is 10.9 Å². The van der Waals surface area contributed by atoms with Crippen LogP contribution in [0.15, 0.2) is 59.5 Å². The molecule has 1 aliphatic rings. The third kappa shape index (κ3) is 3.96. The lowest BCUT2D eigenvalue weighted by Gasteiger charge is -2.34. The van der Waals surface area contributed by atoms with E-state index in [-0.39, 0.29) is 37.0 Å². The SMILES string of the molecule is O=C(c1ccc2nc(Cl)ccc2c1)N1CCN(S(=O)(=O)c2cccc(F)c2)CC1. The number of sulfonamides is 1. The van der Waals surface area contributed by atoms with Crippen molar-refractivity contribution in [1.29, 1.82) is 0 Å². The monoisotopic (exact) mass is 433 g/mol. The van der Waals surface area contributed by atoms with Crippen LogP contribution in [0.3, 0.4) is 0 Å². The van der Waals surface area contributed by atoms with Gasteiger partial charge in [0, 0.05) is 37.1 Å². The molecule has 4 rings (SSSR count). The number of halogens is 2. The van der Waals surface area contributed by atoms with Crippen molar-refractivity contribution in [3.8, 4) is 0 Å². The van der Waals surface area contributed by atoms with Crippen LogP contribution in [0.1, 0.15) is 10.4 Å². The number of carbonyl (C=O) groups excluding carboxylic acids is 1. The van der Waals surface area contributed by atoms with Crippen molar-refractivity contribution >= 4 is 38.4 Å². The summed E-state index contributed by atoms with van der Waals surface area (Å²) in [6.45, 7) is 0.805. The van der Waals surface area contributed by atoms with E-state index in [4.69, 9.17) is 11.6 Å². The average Bonchev–Trinajstić information content (AvgIpc) is 2.73. The maximum atomic E-state index is 13.4. The number of rotatable bonds is 3. The third-order valence-corrected chi connectivity index (χ3v) is 6.97. The first-order valence-electron chi connectivity index (χ1n) is 8.96. The summed E-state index contributed by atoms with van der Waals surface area (Å²) in [7, 11) is -3.80. The minimum Gasteiger partial charge on any atom is -0.336 e. The maximum absolute atomic E-state index is 13.4. The number of nitrogens with zero attached hydrogens (tertiary/aromatic N) is 3. The summed E-state index contributed by atoms with van der Waals surface area (Å²) in [5.41, 5.74) is 1.20. The van der Waals surface area contributed by atoms with Gasteiger partial charge in [-0.25, -0.2) is 17.8 Å². The number of carbonyl (C=O) groups is 1. The first-order chi connectivity index (χ1) is 13.8. The van der Waals surface area contributed by atoms with Crippen molar-refractivity contribution in [2.24, 2.45) is 0 Å². The Morgan fingerprint density at radius 2 is 1.76 bits per heavy atom. The molecule has 6 nitrogen and oxygen atoms in total. The molecule has 0 spiro atoms. The molecule has 29 heavy (non-hydrogen) atoms. The standard InChI is InChI=1S/C20H17ClFN3O3S/c21-19-7-5-14-12-15(4-6-18(14)23-19)20(26)24-8-10-25(11-9-24)29(27,28)17-3-1-2-16(22)13-17/h1-7,12-13H,8-11H2. The van der Waals surface area contributed by atoms with Gasteiger partial charge in [-0.05, 0) is 48.5 Å². The van der Waals surface area contributed by atoms with E-state index in [0.717, 1.165) is 11.5 Å². The predicted molar refractivity (Wildman–Crippen MR) is 108 cm³/mol. The number of fused-ring (bicyclic) bond motifs is 1. The molecular formula is C20H17ClFN3O3S. The van der Waals surface area contributed by atoms with Crippen LogP contribution in [0, 0.1) is 5.82 Å². The van der Waals surface area contributed by atoms with Gasteiger partial charge >= 0.3 is 0 Å². The number of aromatic nitrogens is 1. The molecule has 0 N–H and O–H groups in total. The van der Waals surface area contributed by atoms with Gasteiger partial charge in [-0.15, -0.1) is 0 Å². The normalized spacial score (nSPS) is 15.6. The molecule has 2 heterocycles. The van der Waals surface area contributed by atoms with E-state index in [1.54, 1.807) is 35.2 Å². The number of pyridine rings is 1. The number of benzene rings is 2. The zero-order chi connectivity index (χ0) is 20.6. The molecule has 0 aliphatic carbocycles. The maximum Gasteiger partial charge on any atom is 0.253 e. The Kier molecular flexibility index (Phi) is 5.24. The molecule has 0 atom stereocenters. The van der Waals surface area contributed by atoms with E-state index in [9.17, 15) is 17.6 Å². The molecule has 1 fully saturated rings. The molecule has 1 saturated heterocycles. The van der Waals surface area contributed by atoms with Gasteiger partial charge in [-0.3, -0.25) is 4.79 Å². The summed E-state index contributed by atoms with van der Waals surface area (Å²) in [6.07, 6.45) is 0. The second kappa shape index (κ2) is 7.70. The minimum atomic E-state index is -3.80. The highest BCUT2D eigenvalue weighted by Gasteiger charge is 2.30. The van der Waals surface area contributed by atoms with Gasteiger partial charge in [0.1, 0.15) is 11.0 Å². The zero-order valence-electron chi connectivity index (χ0n) is 15.3. The number of piperazine rings is 1. The molecule has 1 aliphatic heterocycles. The van der Waals surface area contributed by atoms with Gasteiger partial charge < -0.3 is 4.90 Å². The van der Waals surface area contributed by atoms with E-state index in [2.05, 4.69) is 4.98 Å². The molecule has 9 heteroatoms. The van der Waals surface area contributed by atoms with Crippen molar-refractivity contribution < 1.29 is 17.6 Å². The highest BCUT2D eigenvalue weighted by atomic mass is 35.5. The van der Waals surface area contributed by atoms with Crippen molar-refractivity contribution in [1.82, 2.24) is 14.2 Å². The van der Waals surface area contributed by atoms with Gasteiger partial charge in [0.05, 0.1) is 10.4 Å². The molecule has 0 radical (unpaired) electrons. The third-order valence-electron chi connectivity index (χ3n) is 4.86. The molecule has 1 aromatic heterocycles. The number of hydrogen-bond donors (Lipinski definition) is 0. The fourth-order valence-electron chi connectivity index (χ4n) is 3.32. The first-order valence-corrected chi connectivity index (χ1v) is 10.8. The summed E-state index contributed by atoms with van der Waals surface area (Å²) in [5.74, 6) is -0.781. The lowest BCUT2D eigenvalue weighted by Crippen LogP contribution is -2.50. The van der Waals surface area contributed by atoms with E-state index in [0.29, 0.717) is 16.2 Å². The molecule has 2 aromatic carbocycles. The highest BCUT2D eigenvalue weighted by molar-refractivity contribution is 7.89. The largest absolute Gasteiger partial charge is 0.336 e. The Morgan fingerprint density at radius 3 is 2.48 bits per heavy atom. The number of amides is 1. The minimum absolute atomic E-state index is 0.0852. The van der Waals surface area contributed by atoms with Crippen LogP contribution in [0.2, 0.25) is 5.15 Å². The van der Waals surface area contributed by atoms with Gasteiger partial charge in [0.25, 0.3) is 5.91 Å². The van der Waals surface area contributed by atoms with E-state index in [1.165, 1.54) is 22.5 Å². The molecule has 150 valence electrons. The summed E-state index contributed by atoms with van der Waals surface area (Å²) < 4.78 is 40.1. The molecule has 0 unspecified atom stereocenters. The van der Waals surface area contributed by atoms with Gasteiger partial charge in [0.2, 0.25) is 10.0 Å². The van der Waals surface area contributed by atoms with E-state index < -0.39 is 15.8 Å².